The number of carbonyl (C=O) groups excluding carboxylic acids is 1. The van der Waals surface area contributed by atoms with Crippen molar-refractivity contribution in [2.45, 2.75) is 13.3 Å². The third kappa shape index (κ3) is 2.39. The lowest BCUT2D eigenvalue weighted by atomic mass is 10.1. The van der Waals surface area contributed by atoms with Crippen molar-refractivity contribution in [3.05, 3.63) is 34.9 Å². The van der Waals surface area contributed by atoms with E-state index in [0.717, 1.165) is 13.0 Å². The highest BCUT2D eigenvalue weighted by Crippen LogP contribution is 2.12. The molecule has 0 saturated carbocycles. The third-order valence-electron chi connectivity index (χ3n) is 2.44. The first-order chi connectivity index (χ1) is 7.66. The van der Waals surface area contributed by atoms with Crippen LogP contribution in [0.4, 0.5) is 0 Å². The van der Waals surface area contributed by atoms with Gasteiger partial charge in [0.15, 0.2) is 0 Å². The Morgan fingerprint density at radius 3 is 3.00 bits per heavy atom. The lowest BCUT2D eigenvalue weighted by molar-refractivity contribution is 0.0759. The predicted octanol–water partition coefficient (Wildman–Crippen LogP) is 1.92. The normalized spacial score (nSPS) is 15.9. The Labute approximate surface area is 99.0 Å². The quantitative estimate of drug-likeness (QED) is 0.701. The maximum atomic E-state index is 12.0. The lowest BCUT2D eigenvalue weighted by Crippen LogP contribution is -2.35. The van der Waals surface area contributed by atoms with Crippen LogP contribution in [0.5, 0.6) is 0 Å². The van der Waals surface area contributed by atoms with Crippen molar-refractivity contribution in [1.82, 2.24) is 14.9 Å². The Kier molecular flexibility index (Phi) is 3.19. The zero-order chi connectivity index (χ0) is 11.5. The second-order valence-corrected chi connectivity index (χ2v) is 4.18. The van der Waals surface area contributed by atoms with Crippen molar-refractivity contribution < 1.29 is 4.79 Å². The van der Waals surface area contributed by atoms with Crippen LogP contribution in [-0.4, -0.2) is 33.9 Å². The number of hydrogen-bond donors (Lipinski definition) is 0. The third-order valence-corrected chi connectivity index (χ3v) is 2.63. The van der Waals surface area contributed by atoms with E-state index in [0.29, 0.717) is 12.2 Å². The Hall–Kier alpha value is -1.42. The summed E-state index contributed by atoms with van der Waals surface area (Å²) in [6.45, 7) is 3.40. The zero-order valence-electron chi connectivity index (χ0n) is 8.98. The van der Waals surface area contributed by atoms with Gasteiger partial charge >= 0.3 is 0 Å². The second kappa shape index (κ2) is 4.61. The molecule has 5 heteroatoms. The highest BCUT2D eigenvalue weighted by molar-refractivity contribution is 6.29. The summed E-state index contributed by atoms with van der Waals surface area (Å²) < 4.78 is 0. The van der Waals surface area contributed by atoms with Crippen LogP contribution in [0.3, 0.4) is 0 Å². The Balaban J connectivity index is 2.16. The van der Waals surface area contributed by atoms with Crippen molar-refractivity contribution in [3.63, 3.8) is 0 Å². The molecule has 0 bridgehead atoms. The van der Waals surface area contributed by atoms with E-state index in [1.165, 1.54) is 18.0 Å². The van der Waals surface area contributed by atoms with E-state index in [4.69, 9.17) is 11.6 Å². The van der Waals surface area contributed by atoms with Crippen molar-refractivity contribution in [1.29, 1.82) is 0 Å². The van der Waals surface area contributed by atoms with E-state index in [2.05, 4.69) is 16.0 Å². The van der Waals surface area contributed by atoms with Crippen LogP contribution >= 0.6 is 11.6 Å². The van der Waals surface area contributed by atoms with Gasteiger partial charge in [0.1, 0.15) is 10.8 Å². The molecule has 0 saturated heterocycles. The molecule has 2 rings (SSSR count). The molecule has 0 atom stereocenters. The zero-order valence-corrected chi connectivity index (χ0v) is 9.74. The number of aromatic nitrogens is 2. The molecule has 1 aromatic heterocycles. The summed E-state index contributed by atoms with van der Waals surface area (Å²) in [5.41, 5.74) is 1.51. The molecule has 0 unspecified atom stereocenters. The van der Waals surface area contributed by atoms with Crippen LogP contribution in [0.25, 0.3) is 0 Å². The maximum Gasteiger partial charge on any atom is 0.274 e. The number of hydrogen-bond acceptors (Lipinski definition) is 3. The van der Waals surface area contributed by atoms with Crippen molar-refractivity contribution in [3.8, 4) is 0 Å². The molecule has 1 aliphatic heterocycles. The first-order valence-corrected chi connectivity index (χ1v) is 5.47. The minimum atomic E-state index is -0.109. The minimum Gasteiger partial charge on any atom is -0.333 e. The van der Waals surface area contributed by atoms with Gasteiger partial charge in [-0.25, -0.2) is 4.98 Å². The molecule has 0 radical (unpaired) electrons. The van der Waals surface area contributed by atoms with Crippen LogP contribution in [0.2, 0.25) is 5.15 Å². The SMILES string of the molecule is CC1=CCCN(C(=O)c2cncc(Cl)n2)C1. The monoisotopic (exact) mass is 237 g/mol. The number of nitrogens with zero attached hydrogens (tertiary/aromatic N) is 3. The Morgan fingerprint density at radius 2 is 2.31 bits per heavy atom. The average Bonchev–Trinajstić information content (AvgIpc) is 2.28. The van der Waals surface area contributed by atoms with Crippen molar-refractivity contribution in [2.24, 2.45) is 0 Å². The molecule has 0 spiro atoms. The highest BCUT2D eigenvalue weighted by Gasteiger charge is 2.19. The van der Waals surface area contributed by atoms with Crippen LogP contribution in [0.15, 0.2) is 24.0 Å². The molecular formula is C11H12ClN3O. The fourth-order valence-corrected chi connectivity index (χ4v) is 1.84. The molecular weight excluding hydrogens is 226 g/mol. The minimum absolute atomic E-state index is 0.109. The summed E-state index contributed by atoms with van der Waals surface area (Å²) in [7, 11) is 0. The summed E-state index contributed by atoms with van der Waals surface area (Å²) in [6.07, 6.45) is 5.90. The van der Waals surface area contributed by atoms with E-state index >= 15 is 0 Å². The molecule has 0 aliphatic carbocycles. The number of rotatable bonds is 1. The van der Waals surface area contributed by atoms with Gasteiger partial charge in [-0.3, -0.25) is 9.78 Å². The Morgan fingerprint density at radius 1 is 1.50 bits per heavy atom. The van der Waals surface area contributed by atoms with Crippen LogP contribution in [0, 0.1) is 0 Å². The number of halogens is 1. The average molecular weight is 238 g/mol. The fourth-order valence-electron chi connectivity index (χ4n) is 1.69. The van der Waals surface area contributed by atoms with Gasteiger partial charge in [-0.1, -0.05) is 23.3 Å². The van der Waals surface area contributed by atoms with Gasteiger partial charge in [-0.2, -0.15) is 0 Å². The molecule has 0 N–H and O–H groups in total. The number of carbonyl (C=O) groups is 1. The maximum absolute atomic E-state index is 12.0. The van der Waals surface area contributed by atoms with Crippen molar-refractivity contribution >= 4 is 17.5 Å². The van der Waals surface area contributed by atoms with E-state index in [1.54, 1.807) is 4.90 Å². The smallest absolute Gasteiger partial charge is 0.274 e. The predicted molar refractivity (Wildman–Crippen MR) is 61.3 cm³/mol. The van der Waals surface area contributed by atoms with Crippen LogP contribution in [-0.2, 0) is 0 Å². The topological polar surface area (TPSA) is 46.1 Å². The molecule has 84 valence electrons. The first kappa shape index (κ1) is 11.1. The molecule has 4 nitrogen and oxygen atoms in total. The molecule has 0 fully saturated rings. The summed E-state index contributed by atoms with van der Waals surface area (Å²) in [4.78, 5) is 21.6. The van der Waals surface area contributed by atoms with Crippen LogP contribution in [0.1, 0.15) is 23.8 Å². The first-order valence-electron chi connectivity index (χ1n) is 5.09. The summed E-state index contributed by atoms with van der Waals surface area (Å²) in [5.74, 6) is -0.109. The standard InChI is InChI=1S/C11H12ClN3O/c1-8-3-2-4-15(7-8)11(16)9-5-13-6-10(12)14-9/h3,5-6H,2,4,7H2,1H3. The van der Waals surface area contributed by atoms with Gasteiger partial charge in [0, 0.05) is 13.1 Å². The molecule has 1 amide bonds. The van der Waals surface area contributed by atoms with Gasteiger partial charge in [-0.05, 0) is 13.3 Å². The molecule has 16 heavy (non-hydrogen) atoms. The second-order valence-electron chi connectivity index (χ2n) is 3.79. The lowest BCUT2D eigenvalue weighted by Gasteiger charge is -2.25. The molecule has 0 aromatic carbocycles. The highest BCUT2D eigenvalue weighted by atomic mass is 35.5. The molecule has 1 aliphatic rings. The van der Waals surface area contributed by atoms with E-state index < -0.39 is 0 Å². The van der Waals surface area contributed by atoms with Gasteiger partial charge < -0.3 is 4.90 Å². The molecule has 2 heterocycles. The molecule has 1 aromatic rings. The summed E-state index contributed by atoms with van der Waals surface area (Å²) in [6, 6.07) is 0. The van der Waals surface area contributed by atoms with Crippen molar-refractivity contribution in [2.75, 3.05) is 13.1 Å². The summed E-state index contributed by atoms with van der Waals surface area (Å²) in [5, 5.41) is 0.245. The largest absolute Gasteiger partial charge is 0.333 e. The van der Waals surface area contributed by atoms with E-state index in [1.807, 2.05) is 6.92 Å². The number of amides is 1. The van der Waals surface area contributed by atoms with Gasteiger partial charge in [-0.15, -0.1) is 0 Å². The van der Waals surface area contributed by atoms with Crippen LogP contribution < -0.4 is 0 Å². The van der Waals surface area contributed by atoms with Gasteiger partial charge in [0.05, 0.1) is 12.4 Å². The van der Waals surface area contributed by atoms with E-state index in [9.17, 15) is 4.79 Å². The Bertz CT molecular complexity index is 445. The fraction of sp³-hybridized carbons (Fsp3) is 0.364. The van der Waals surface area contributed by atoms with E-state index in [-0.39, 0.29) is 11.1 Å². The summed E-state index contributed by atoms with van der Waals surface area (Å²) >= 11 is 5.70. The van der Waals surface area contributed by atoms with Gasteiger partial charge in [0.25, 0.3) is 5.91 Å². The van der Waals surface area contributed by atoms with Gasteiger partial charge in [0.2, 0.25) is 0 Å².